The molecular formula is C10H8FNO. The number of hydrogen-bond donors (Lipinski definition) is 0. The summed E-state index contributed by atoms with van der Waals surface area (Å²) in [6, 6.07) is 6.22. The SMILES string of the molecule is O=C=NC1(c2cccc(F)c2)CC1. The van der Waals surface area contributed by atoms with Crippen molar-refractivity contribution in [3.8, 4) is 0 Å². The highest BCUT2D eigenvalue weighted by atomic mass is 19.1. The topological polar surface area (TPSA) is 29.4 Å². The van der Waals surface area contributed by atoms with Crippen LogP contribution in [0, 0.1) is 5.82 Å². The predicted molar refractivity (Wildman–Crippen MR) is 45.4 cm³/mol. The van der Waals surface area contributed by atoms with Crippen LogP contribution < -0.4 is 0 Å². The summed E-state index contributed by atoms with van der Waals surface area (Å²) in [7, 11) is 0. The van der Waals surface area contributed by atoms with E-state index in [0.29, 0.717) is 0 Å². The summed E-state index contributed by atoms with van der Waals surface area (Å²) >= 11 is 0. The third-order valence-electron chi connectivity index (χ3n) is 2.35. The van der Waals surface area contributed by atoms with E-state index >= 15 is 0 Å². The fourth-order valence-electron chi connectivity index (χ4n) is 1.45. The lowest BCUT2D eigenvalue weighted by Gasteiger charge is -2.06. The molecule has 2 rings (SSSR count). The number of nitrogens with zero attached hydrogens (tertiary/aromatic N) is 1. The molecule has 66 valence electrons. The Morgan fingerprint density at radius 3 is 2.77 bits per heavy atom. The molecule has 1 fully saturated rings. The van der Waals surface area contributed by atoms with Gasteiger partial charge in [-0.15, -0.1) is 0 Å². The third-order valence-corrected chi connectivity index (χ3v) is 2.35. The number of benzene rings is 1. The van der Waals surface area contributed by atoms with E-state index in [1.807, 2.05) is 0 Å². The van der Waals surface area contributed by atoms with Crippen molar-refractivity contribution in [2.24, 2.45) is 4.99 Å². The first-order chi connectivity index (χ1) is 6.27. The molecule has 0 heterocycles. The molecule has 1 aliphatic carbocycles. The van der Waals surface area contributed by atoms with Crippen LogP contribution in [0.3, 0.4) is 0 Å². The van der Waals surface area contributed by atoms with Gasteiger partial charge >= 0.3 is 0 Å². The predicted octanol–water partition coefficient (Wildman–Crippen LogP) is 2.15. The largest absolute Gasteiger partial charge is 0.235 e. The molecule has 0 atom stereocenters. The Labute approximate surface area is 75.1 Å². The van der Waals surface area contributed by atoms with Gasteiger partial charge in [-0.05, 0) is 30.5 Å². The maximum absolute atomic E-state index is 12.8. The van der Waals surface area contributed by atoms with Gasteiger partial charge in [0.05, 0.1) is 5.54 Å². The average Bonchev–Trinajstić information content (AvgIpc) is 2.86. The van der Waals surface area contributed by atoms with Crippen molar-refractivity contribution in [1.82, 2.24) is 0 Å². The van der Waals surface area contributed by atoms with Crippen molar-refractivity contribution in [1.29, 1.82) is 0 Å². The minimum Gasteiger partial charge on any atom is -0.211 e. The zero-order valence-electron chi connectivity index (χ0n) is 6.96. The second-order valence-corrected chi connectivity index (χ2v) is 3.25. The van der Waals surface area contributed by atoms with Gasteiger partial charge in [-0.1, -0.05) is 12.1 Å². The summed E-state index contributed by atoms with van der Waals surface area (Å²) in [5, 5.41) is 0. The molecule has 0 spiro atoms. The fourth-order valence-corrected chi connectivity index (χ4v) is 1.45. The van der Waals surface area contributed by atoms with Gasteiger partial charge in [-0.2, -0.15) is 4.99 Å². The highest BCUT2D eigenvalue weighted by molar-refractivity contribution is 5.41. The van der Waals surface area contributed by atoms with Crippen molar-refractivity contribution >= 4 is 6.08 Å². The van der Waals surface area contributed by atoms with E-state index < -0.39 is 5.54 Å². The Hall–Kier alpha value is -1.47. The molecule has 1 aliphatic rings. The maximum atomic E-state index is 12.8. The van der Waals surface area contributed by atoms with Crippen LogP contribution in [0.15, 0.2) is 29.3 Å². The molecule has 1 aromatic rings. The third kappa shape index (κ3) is 1.38. The van der Waals surface area contributed by atoms with E-state index in [4.69, 9.17) is 0 Å². The van der Waals surface area contributed by atoms with Gasteiger partial charge in [0, 0.05) is 0 Å². The Morgan fingerprint density at radius 1 is 1.46 bits per heavy atom. The molecule has 13 heavy (non-hydrogen) atoms. The van der Waals surface area contributed by atoms with Gasteiger partial charge in [-0.3, -0.25) is 0 Å². The molecule has 0 radical (unpaired) electrons. The minimum atomic E-state index is -0.455. The molecule has 0 N–H and O–H groups in total. The highest BCUT2D eigenvalue weighted by Gasteiger charge is 2.44. The van der Waals surface area contributed by atoms with Crippen LogP contribution in [0.1, 0.15) is 18.4 Å². The number of halogens is 1. The van der Waals surface area contributed by atoms with E-state index in [9.17, 15) is 9.18 Å². The van der Waals surface area contributed by atoms with Gasteiger partial charge in [0.15, 0.2) is 0 Å². The maximum Gasteiger partial charge on any atom is 0.235 e. The quantitative estimate of drug-likeness (QED) is 0.502. The highest BCUT2D eigenvalue weighted by Crippen LogP contribution is 2.49. The zero-order chi connectivity index (χ0) is 9.31. The minimum absolute atomic E-state index is 0.287. The van der Waals surface area contributed by atoms with Crippen LogP contribution in [0.4, 0.5) is 4.39 Å². The van der Waals surface area contributed by atoms with Gasteiger partial charge in [0.25, 0.3) is 0 Å². The van der Waals surface area contributed by atoms with Crippen LogP contribution in [-0.2, 0) is 10.3 Å². The summed E-state index contributed by atoms with van der Waals surface area (Å²) in [6.07, 6.45) is 3.16. The van der Waals surface area contributed by atoms with Crippen molar-refractivity contribution in [2.75, 3.05) is 0 Å². The first-order valence-corrected chi connectivity index (χ1v) is 4.12. The molecule has 1 saturated carbocycles. The van der Waals surface area contributed by atoms with Gasteiger partial charge in [-0.25, -0.2) is 9.18 Å². The smallest absolute Gasteiger partial charge is 0.211 e. The Kier molecular flexibility index (Phi) is 1.74. The van der Waals surface area contributed by atoms with E-state index in [0.717, 1.165) is 18.4 Å². The lowest BCUT2D eigenvalue weighted by molar-refractivity contribution is 0.555. The van der Waals surface area contributed by atoms with Crippen molar-refractivity contribution in [2.45, 2.75) is 18.4 Å². The van der Waals surface area contributed by atoms with Crippen LogP contribution in [0.2, 0.25) is 0 Å². The average molecular weight is 177 g/mol. The van der Waals surface area contributed by atoms with Gasteiger partial charge < -0.3 is 0 Å². The number of carbonyl (C=O) groups excluding carboxylic acids is 1. The normalized spacial score (nSPS) is 17.6. The Bertz CT molecular complexity index is 378. The van der Waals surface area contributed by atoms with E-state index in [1.165, 1.54) is 12.1 Å². The number of isocyanates is 1. The molecule has 0 aliphatic heterocycles. The first kappa shape index (κ1) is 8.14. The summed E-state index contributed by atoms with van der Waals surface area (Å²) in [4.78, 5) is 13.8. The van der Waals surface area contributed by atoms with Crippen molar-refractivity contribution in [3.05, 3.63) is 35.6 Å². The van der Waals surface area contributed by atoms with E-state index in [1.54, 1.807) is 18.2 Å². The fraction of sp³-hybridized carbons (Fsp3) is 0.300. The summed E-state index contributed by atoms with van der Waals surface area (Å²) in [6.45, 7) is 0. The molecule has 0 unspecified atom stereocenters. The summed E-state index contributed by atoms with van der Waals surface area (Å²) < 4.78 is 12.8. The second kappa shape index (κ2) is 2.79. The van der Waals surface area contributed by atoms with Crippen LogP contribution in [0.5, 0.6) is 0 Å². The number of aliphatic imine (C=N–C) groups is 1. The molecule has 0 bridgehead atoms. The Balaban J connectivity index is 2.40. The summed E-state index contributed by atoms with van der Waals surface area (Å²) in [5.41, 5.74) is 0.319. The van der Waals surface area contributed by atoms with Crippen LogP contribution in [0.25, 0.3) is 0 Å². The Morgan fingerprint density at radius 2 is 2.23 bits per heavy atom. The first-order valence-electron chi connectivity index (χ1n) is 4.12. The molecule has 0 amide bonds. The molecule has 0 aromatic heterocycles. The number of hydrogen-bond acceptors (Lipinski definition) is 2. The van der Waals surface area contributed by atoms with Gasteiger partial charge in [0.2, 0.25) is 6.08 Å². The monoisotopic (exact) mass is 177 g/mol. The lowest BCUT2D eigenvalue weighted by atomic mass is 10.1. The van der Waals surface area contributed by atoms with Crippen molar-refractivity contribution in [3.63, 3.8) is 0 Å². The van der Waals surface area contributed by atoms with Crippen molar-refractivity contribution < 1.29 is 9.18 Å². The lowest BCUT2D eigenvalue weighted by Crippen LogP contribution is -2.02. The molecule has 3 heteroatoms. The van der Waals surface area contributed by atoms with Crippen LogP contribution in [-0.4, -0.2) is 6.08 Å². The molecular weight excluding hydrogens is 169 g/mol. The van der Waals surface area contributed by atoms with Gasteiger partial charge in [0.1, 0.15) is 5.82 Å². The van der Waals surface area contributed by atoms with Crippen LogP contribution >= 0.6 is 0 Å². The zero-order valence-corrected chi connectivity index (χ0v) is 6.96. The van der Waals surface area contributed by atoms with E-state index in [-0.39, 0.29) is 5.82 Å². The second-order valence-electron chi connectivity index (χ2n) is 3.25. The standard InChI is InChI=1S/C10H8FNO/c11-9-3-1-2-8(6-9)10(4-5-10)12-7-13/h1-3,6H,4-5H2. The molecule has 0 saturated heterocycles. The van der Waals surface area contributed by atoms with E-state index in [2.05, 4.69) is 4.99 Å². The molecule has 2 nitrogen and oxygen atoms in total. The number of rotatable bonds is 2. The summed E-state index contributed by atoms with van der Waals surface area (Å²) in [5.74, 6) is -0.287. The molecule has 1 aromatic carbocycles.